The highest BCUT2D eigenvalue weighted by Gasteiger charge is 2.54. The van der Waals surface area contributed by atoms with Gasteiger partial charge in [0.15, 0.2) is 5.54 Å². The van der Waals surface area contributed by atoms with E-state index in [1.54, 1.807) is 19.3 Å². The van der Waals surface area contributed by atoms with Gasteiger partial charge in [-0.2, -0.15) is 0 Å². The Hall–Kier alpha value is -2.65. The first-order valence-electron chi connectivity index (χ1n) is 9.65. The summed E-state index contributed by atoms with van der Waals surface area (Å²) in [6, 6.07) is 0. The Morgan fingerprint density at radius 2 is 2.07 bits per heavy atom. The van der Waals surface area contributed by atoms with Crippen molar-refractivity contribution < 1.29 is 13.6 Å². The molecule has 0 spiro atoms. The number of nitrogens with one attached hydrogen (secondary N) is 2. The third kappa shape index (κ3) is 3.34. The van der Waals surface area contributed by atoms with Crippen molar-refractivity contribution in [3.63, 3.8) is 0 Å². The molecule has 4 N–H and O–H groups in total. The fourth-order valence-corrected chi connectivity index (χ4v) is 4.10. The summed E-state index contributed by atoms with van der Waals surface area (Å²) in [5.74, 6) is -0.285. The van der Waals surface area contributed by atoms with Gasteiger partial charge in [-0.3, -0.25) is 25.8 Å². The molecule has 7 nitrogen and oxygen atoms in total. The number of halogens is 2. The third-order valence-corrected chi connectivity index (χ3v) is 5.65. The minimum absolute atomic E-state index is 0.187. The molecule has 1 fully saturated rings. The van der Waals surface area contributed by atoms with Crippen molar-refractivity contribution in [2.75, 3.05) is 13.7 Å². The zero-order valence-electron chi connectivity index (χ0n) is 16.2. The van der Waals surface area contributed by atoms with Crippen LogP contribution in [0.4, 0.5) is 8.78 Å². The molecule has 3 aliphatic heterocycles. The molecule has 1 amide bonds. The first-order valence-corrected chi connectivity index (χ1v) is 9.65. The summed E-state index contributed by atoms with van der Waals surface area (Å²) < 4.78 is 26.7. The summed E-state index contributed by atoms with van der Waals surface area (Å²) in [6.07, 6.45) is 7.95. The van der Waals surface area contributed by atoms with Crippen molar-refractivity contribution in [2.45, 2.75) is 43.9 Å². The number of rotatable bonds is 4. The molecule has 0 aromatic heterocycles. The smallest absolute Gasteiger partial charge is 0.276 e. The van der Waals surface area contributed by atoms with Gasteiger partial charge in [-0.25, -0.2) is 8.78 Å². The number of carbonyl (C=O) groups is 1. The second-order valence-electron chi connectivity index (χ2n) is 7.43. The molecule has 1 saturated heterocycles. The molecule has 2 atom stereocenters. The minimum Gasteiger partial charge on any atom is -0.372 e. The predicted octanol–water partition coefficient (Wildman–Crippen LogP) is 1.57. The van der Waals surface area contributed by atoms with Crippen molar-refractivity contribution >= 4 is 17.8 Å². The van der Waals surface area contributed by atoms with E-state index in [-0.39, 0.29) is 18.0 Å². The number of carbonyl (C=O) groups excluding carboxylic acids is 1. The maximum atomic E-state index is 13.4. The quantitative estimate of drug-likeness (QED) is 0.665. The molecule has 2 unspecified atom stereocenters. The van der Waals surface area contributed by atoms with E-state index in [9.17, 15) is 13.6 Å². The SMILES string of the molecule is CN1C(=O)C(C2=CC(C3=CNCN=C3)=CCC2)(C2=CCCC(C(F)F)=N2)NC1N. The second kappa shape index (κ2) is 7.64. The van der Waals surface area contributed by atoms with E-state index in [1.807, 2.05) is 12.3 Å². The van der Waals surface area contributed by atoms with Crippen LogP contribution in [0.2, 0.25) is 0 Å². The largest absolute Gasteiger partial charge is 0.372 e. The highest BCUT2D eigenvalue weighted by atomic mass is 19.3. The number of allylic oxidation sites excluding steroid dienone is 5. The van der Waals surface area contributed by atoms with E-state index in [1.165, 1.54) is 4.90 Å². The number of aliphatic imine (C=N–C) groups is 2. The maximum Gasteiger partial charge on any atom is 0.276 e. The molecule has 0 saturated carbocycles. The van der Waals surface area contributed by atoms with Crippen LogP contribution in [-0.2, 0) is 4.79 Å². The van der Waals surface area contributed by atoms with Crippen LogP contribution >= 0.6 is 0 Å². The predicted molar refractivity (Wildman–Crippen MR) is 107 cm³/mol. The molecular formula is C20H24F2N6O. The number of amides is 1. The average molecular weight is 402 g/mol. The van der Waals surface area contributed by atoms with Gasteiger partial charge in [0, 0.05) is 25.0 Å². The molecule has 0 radical (unpaired) electrons. The molecule has 3 heterocycles. The zero-order chi connectivity index (χ0) is 20.6. The highest BCUT2D eigenvalue weighted by Crippen LogP contribution is 2.40. The Labute approximate surface area is 167 Å². The average Bonchev–Trinajstić information content (AvgIpc) is 2.99. The topological polar surface area (TPSA) is 95.1 Å². The first-order chi connectivity index (χ1) is 13.9. The van der Waals surface area contributed by atoms with Crippen molar-refractivity contribution in [1.29, 1.82) is 0 Å². The highest BCUT2D eigenvalue weighted by molar-refractivity contribution is 5.98. The standard InChI is InChI=1S/C20H24F2N6O/c1-28-18(29)20(27-19(28)23,16-7-3-6-15(26-16)17(21)22)14-5-2-4-12(8-14)13-9-24-11-25-10-13/h4,7-10,17,19,24,27H,2-3,5-6,11,23H2,1H3. The lowest BCUT2D eigenvalue weighted by Crippen LogP contribution is -2.52. The molecule has 29 heavy (non-hydrogen) atoms. The number of hydrogen-bond acceptors (Lipinski definition) is 6. The van der Waals surface area contributed by atoms with Gasteiger partial charge in [-0.1, -0.05) is 18.2 Å². The third-order valence-electron chi connectivity index (χ3n) is 5.65. The summed E-state index contributed by atoms with van der Waals surface area (Å²) in [5, 5.41) is 6.23. The van der Waals surface area contributed by atoms with E-state index < -0.39 is 18.3 Å². The molecule has 1 aliphatic carbocycles. The molecule has 0 aromatic rings. The summed E-state index contributed by atoms with van der Waals surface area (Å²) in [7, 11) is 1.60. The van der Waals surface area contributed by atoms with Crippen molar-refractivity contribution in [2.24, 2.45) is 15.7 Å². The first kappa shape index (κ1) is 19.7. The lowest BCUT2D eigenvalue weighted by Gasteiger charge is -2.34. The molecule has 9 heteroatoms. The Morgan fingerprint density at radius 1 is 1.28 bits per heavy atom. The summed E-state index contributed by atoms with van der Waals surface area (Å²) in [4.78, 5) is 23.2. The van der Waals surface area contributed by atoms with Gasteiger partial charge in [0.2, 0.25) is 0 Å². The number of alkyl halides is 2. The summed E-state index contributed by atoms with van der Waals surface area (Å²) >= 11 is 0. The normalized spacial score (nSPS) is 29.8. The molecule has 4 rings (SSSR count). The van der Waals surface area contributed by atoms with Gasteiger partial charge in [0.1, 0.15) is 13.0 Å². The minimum atomic E-state index is -2.65. The van der Waals surface area contributed by atoms with Gasteiger partial charge in [0.05, 0.1) is 11.4 Å². The Kier molecular flexibility index (Phi) is 5.18. The monoisotopic (exact) mass is 402 g/mol. The maximum absolute atomic E-state index is 13.4. The zero-order valence-corrected chi connectivity index (χ0v) is 16.2. The molecule has 4 aliphatic rings. The molecular weight excluding hydrogens is 378 g/mol. The summed E-state index contributed by atoms with van der Waals surface area (Å²) in [5.41, 5.74) is 7.48. The van der Waals surface area contributed by atoms with Crippen LogP contribution < -0.4 is 16.4 Å². The number of nitrogens with zero attached hydrogens (tertiary/aromatic N) is 3. The Bertz CT molecular complexity index is 901. The van der Waals surface area contributed by atoms with Gasteiger partial charge >= 0.3 is 0 Å². The van der Waals surface area contributed by atoms with Crippen LogP contribution in [0, 0.1) is 0 Å². The Balaban J connectivity index is 1.80. The van der Waals surface area contributed by atoms with E-state index in [0.29, 0.717) is 31.6 Å². The van der Waals surface area contributed by atoms with E-state index in [2.05, 4.69) is 26.7 Å². The van der Waals surface area contributed by atoms with Crippen molar-refractivity contribution in [3.05, 3.63) is 46.8 Å². The lowest BCUT2D eigenvalue weighted by atomic mass is 9.78. The van der Waals surface area contributed by atoms with Crippen LogP contribution in [0.1, 0.15) is 25.7 Å². The van der Waals surface area contributed by atoms with Gasteiger partial charge in [-0.05, 0) is 36.8 Å². The van der Waals surface area contributed by atoms with Gasteiger partial charge in [0.25, 0.3) is 12.3 Å². The molecule has 0 bridgehead atoms. The fourth-order valence-electron chi connectivity index (χ4n) is 4.10. The van der Waals surface area contributed by atoms with Crippen LogP contribution in [0.3, 0.4) is 0 Å². The fraction of sp³-hybridized carbons (Fsp3) is 0.450. The van der Waals surface area contributed by atoms with Gasteiger partial charge in [-0.15, -0.1) is 0 Å². The lowest BCUT2D eigenvalue weighted by molar-refractivity contribution is -0.130. The van der Waals surface area contributed by atoms with Crippen LogP contribution in [0.15, 0.2) is 56.8 Å². The van der Waals surface area contributed by atoms with E-state index in [0.717, 1.165) is 16.7 Å². The second-order valence-corrected chi connectivity index (χ2v) is 7.43. The Morgan fingerprint density at radius 3 is 2.72 bits per heavy atom. The van der Waals surface area contributed by atoms with Gasteiger partial charge < -0.3 is 10.2 Å². The number of hydrogen-bond donors (Lipinski definition) is 3. The number of nitrogens with two attached hydrogens (primary N) is 1. The van der Waals surface area contributed by atoms with Crippen molar-refractivity contribution in [3.8, 4) is 0 Å². The van der Waals surface area contributed by atoms with E-state index >= 15 is 0 Å². The van der Waals surface area contributed by atoms with Crippen LogP contribution in [0.25, 0.3) is 0 Å². The molecule has 154 valence electrons. The van der Waals surface area contributed by atoms with Crippen molar-refractivity contribution in [1.82, 2.24) is 15.5 Å². The summed E-state index contributed by atoms with van der Waals surface area (Å²) in [6.45, 7) is 0.523. The van der Waals surface area contributed by atoms with Crippen LogP contribution in [0.5, 0.6) is 0 Å². The molecule has 0 aromatic carbocycles. The van der Waals surface area contributed by atoms with E-state index in [4.69, 9.17) is 5.73 Å². The van der Waals surface area contributed by atoms with Crippen LogP contribution in [-0.4, -0.2) is 54.7 Å². The number of likely N-dealkylation sites (N-methyl/N-ethyl adjacent to an activating group) is 1.